The number of benzene rings is 1. The Labute approximate surface area is 106 Å². The second-order valence-corrected chi connectivity index (χ2v) is 4.45. The van der Waals surface area contributed by atoms with Crippen LogP contribution in [0.15, 0.2) is 18.2 Å². The number of rotatable bonds is 6. The van der Waals surface area contributed by atoms with Gasteiger partial charge in [0.05, 0.1) is 6.10 Å². The maximum absolute atomic E-state index is 10.0. The highest BCUT2D eigenvalue weighted by molar-refractivity contribution is 5.45. The lowest BCUT2D eigenvalue weighted by Gasteiger charge is -2.16. The van der Waals surface area contributed by atoms with Gasteiger partial charge in [0, 0.05) is 19.2 Å². The molecule has 5 heteroatoms. The minimum Gasteiger partial charge on any atom is -0.454 e. The molecular weight excluding hydrogens is 234 g/mol. The Kier molecular flexibility index (Phi) is 4.41. The highest BCUT2D eigenvalue weighted by Gasteiger charge is 2.16. The van der Waals surface area contributed by atoms with E-state index in [1.165, 1.54) is 0 Å². The molecule has 1 aromatic rings. The Hall–Kier alpha value is -1.30. The SMILES string of the molecule is CC(CCO)NCC(O)c1ccc2c(c1)OCO2. The predicted octanol–water partition coefficient (Wildman–Crippen LogP) is 0.809. The van der Waals surface area contributed by atoms with Crippen LogP contribution < -0.4 is 14.8 Å². The number of hydrogen-bond donors (Lipinski definition) is 3. The van der Waals surface area contributed by atoms with E-state index >= 15 is 0 Å². The summed E-state index contributed by atoms with van der Waals surface area (Å²) >= 11 is 0. The van der Waals surface area contributed by atoms with Crippen LogP contribution in [0.5, 0.6) is 11.5 Å². The first-order chi connectivity index (χ1) is 8.70. The quantitative estimate of drug-likeness (QED) is 0.700. The van der Waals surface area contributed by atoms with Crippen molar-refractivity contribution in [3.63, 3.8) is 0 Å². The topological polar surface area (TPSA) is 71.0 Å². The first-order valence-electron chi connectivity index (χ1n) is 6.12. The van der Waals surface area contributed by atoms with Crippen LogP contribution in [0.25, 0.3) is 0 Å². The van der Waals surface area contributed by atoms with Gasteiger partial charge in [0.25, 0.3) is 0 Å². The molecule has 0 aliphatic carbocycles. The van der Waals surface area contributed by atoms with E-state index in [0.29, 0.717) is 24.5 Å². The first kappa shape index (κ1) is 13.1. The van der Waals surface area contributed by atoms with Crippen molar-refractivity contribution in [2.75, 3.05) is 19.9 Å². The number of fused-ring (bicyclic) bond motifs is 1. The average molecular weight is 253 g/mol. The number of ether oxygens (including phenoxy) is 2. The van der Waals surface area contributed by atoms with Crippen LogP contribution in [-0.2, 0) is 0 Å². The van der Waals surface area contributed by atoms with Crippen molar-refractivity contribution in [1.29, 1.82) is 0 Å². The van der Waals surface area contributed by atoms with Crippen LogP contribution in [0.2, 0.25) is 0 Å². The van der Waals surface area contributed by atoms with Crippen molar-refractivity contribution in [3.8, 4) is 11.5 Å². The van der Waals surface area contributed by atoms with Gasteiger partial charge >= 0.3 is 0 Å². The minimum atomic E-state index is -0.597. The van der Waals surface area contributed by atoms with Gasteiger partial charge in [-0.2, -0.15) is 0 Å². The molecule has 5 nitrogen and oxygen atoms in total. The van der Waals surface area contributed by atoms with E-state index in [2.05, 4.69) is 5.32 Å². The molecule has 3 N–H and O–H groups in total. The summed E-state index contributed by atoms with van der Waals surface area (Å²) in [5.41, 5.74) is 0.794. The fourth-order valence-corrected chi connectivity index (χ4v) is 1.85. The second-order valence-electron chi connectivity index (χ2n) is 4.45. The van der Waals surface area contributed by atoms with Crippen molar-refractivity contribution >= 4 is 0 Å². The maximum atomic E-state index is 10.0. The van der Waals surface area contributed by atoms with E-state index in [0.717, 1.165) is 5.56 Å². The molecule has 0 saturated carbocycles. The molecule has 0 saturated heterocycles. The monoisotopic (exact) mass is 253 g/mol. The molecular formula is C13H19NO4. The molecule has 1 aliphatic rings. The summed E-state index contributed by atoms with van der Waals surface area (Å²) in [6, 6.07) is 5.61. The van der Waals surface area contributed by atoms with Crippen LogP contribution in [0, 0.1) is 0 Å². The number of aliphatic hydroxyl groups excluding tert-OH is 2. The third-order valence-corrected chi connectivity index (χ3v) is 3.00. The average Bonchev–Trinajstić information content (AvgIpc) is 2.83. The minimum absolute atomic E-state index is 0.147. The zero-order chi connectivity index (χ0) is 13.0. The standard InChI is InChI=1S/C13H19NO4/c1-9(4-5-15)14-7-11(16)10-2-3-12-13(6-10)18-8-17-12/h2-3,6,9,11,14-16H,4-5,7-8H2,1H3. The van der Waals surface area contributed by atoms with E-state index in [1.807, 2.05) is 13.0 Å². The summed E-state index contributed by atoms with van der Waals surface area (Å²) in [4.78, 5) is 0. The van der Waals surface area contributed by atoms with Gasteiger partial charge in [-0.15, -0.1) is 0 Å². The Bertz CT molecular complexity index is 397. The molecule has 2 rings (SSSR count). The Morgan fingerprint density at radius 1 is 1.33 bits per heavy atom. The van der Waals surface area contributed by atoms with E-state index < -0.39 is 6.10 Å². The molecule has 0 spiro atoms. The Morgan fingerprint density at radius 2 is 2.11 bits per heavy atom. The van der Waals surface area contributed by atoms with Crippen LogP contribution >= 0.6 is 0 Å². The Morgan fingerprint density at radius 3 is 2.89 bits per heavy atom. The lowest BCUT2D eigenvalue weighted by molar-refractivity contribution is 0.165. The van der Waals surface area contributed by atoms with E-state index in [4.69, 9.17) is 14.6 Å². The highest BCUT2D eigenvalue weighted by atomic mass is 16.7. The van der Waals surface area contributed by atoms with Crippen LogP contribution in [0.3, 0.4) is 0 Å². The van der Waals surface area contributed by atoms with Gasteiger partial charge in [-0.25, -0.2) is 0 Å². The highest BCUT2D eigenvalue weighted by Crippen LogP contribution is 2.34. The van der Waals surface area contributed by atoms with Gasteiger partial charge < -0.3 is 25.0 Å². The third-order valence-electron chi connectivity index (χ3n) is 3.00. The van der Waals surface area contributed by atoms with Crippen LogP contribution in [0.4, 0.5) is 0 Å². The summed E-state index contributed by atoms with van der Waals surface area (Å²) in [6.07, 6.45) is 0.0778. The summed E-state index contributed by atoms with van der Waals surface area (Å²) in [5.74, 6) is 1.39. The summed E-state index contributed by atoms with van der Waals surface area (Å²) < 4.78 is 10.5. The van der Waals surface area contributed by atoms with Crippen LogP contribution in [0.1, 0.15) is 25.0 Å². The van der Waals surface area contributed by atoms with Crippen molar-refractivity contribution in [1.82, 2.24) is 5.32 Å². The van der Waals surface area contributed by atoms with Crippen molar-refractivity contribution in [2.24, 2.45) is 0 Å². The van der Waals surface area contributed by atoms with Gasteiger partial charge in [0.2, 0.25) is 6.79 Å². The lowest BCUT2D eigenvalue weighted by Crippen LogP contribution is -2.31. The van der Waals surface area contributed by atoms with Gasteiger partial charge in [-0.1, -0.05) is 6.07 Å². The maximum Gasteiger partial charge on any atom is 0.231 e. The smallest absolute Gasteiger partial charge is 0.231 e. The molecule has 0 aromatic heterocycles. The number of hydrogen-bond acceptors (Lipinski definition) is 5. The Balaban J connectivity index is 1.90. The van der Waals surface area contributed by atoms with Gasteiger partial charge in [0.1, 0.15) is 0 Å². The zero-order valence-electron chi connectivity index (χ0n) is 10.4. The lowest BCUT2D eigenvalue weighted by atomic mass is 10.1. The zero-order valence-corrected chi connectivity index (χ0v) is 10.4. The van der Waals surface area contributed by atoms with Crippen molar-refractivity contribution in [3.05, 3.63) is 23.8 Å². The van der Waals surface area contributed by atoms with Gasteiger partial charge in [-0.3, -0.25) is 0 Å². The second kappa shape index (κ2) is 6.04. The molecule has 1 aromatic carbocycles. The fourth-order valence-electron chi connectivity index (χ4n) is 1.85. The van der Waals surface area contributed by atoms with Crippen molar-refractivity contribution < 1.29 is 19.7 Å². The van der Waals surface area contributed by atoms with Gasteiger partial charge in [0.15, 0.2) is 11.5 Å². The largest absolute Gasteiger partial charge is 0.454 e. The number of nitrogens with one attached hydrogen (secondary N) is 1. The van der Waals surface area contributed by atoms with E-state index in [-0.39, 0.29) is 19.4 Å². The summed E-state index contributed by atoms with van der Waals surface area (Å²) in [7, 11) is 0. The molecule has 1 aliphatic heterocycles. The summed E-state index contributed by atoms with van der Waals surface area (Å²) in [5, 5.41) is 22.0. The molecule has 0 fully saturated rings. The molecule has 2 unspecified atom stereocenters. The van der Waals surface area contributed by atoms with Crippen LogP contribution in [-0.4, -0.2) is 36.2 Å². The number of aliphatic hydroxyl groups is 2. The molecule has 2 atom stereocenters. The third kappa shape index (κ3) is 3.13. The first-order valence-corrected chi connectivity index (χ1v) is 6.12. The molecule has 0 amide bonds. The molecule has 0 bridgehead atoms. The predicted molar refractivity (Wildman–Crippen MR) is 66.7 cm³/mol. The van der Waals surface area contributed by atoms with Crippen molar-refractivity contribution in [2.45, 2.75) is 25.5 Å². The molecule has 1 heterocycles. The molecule has 0 radical (unpaired) electrons. The van der Waals surface area contributed by atoms with E-state index in [1.54, 1.807) is 12.1 Å². The summed E-state index contributed by atoms with van der Waals surface area (Å²) in [6.45, 7) is 2.80. The van der Waals surface area contributed by atoms with E-state index in [9.17, 15) is 5.11 Å². The normalized spacial score (nSPS) is 16.6. The molecule has 18 heavy (non-hydrogen) atoms. The molecule has 100 valence electrons. The fraction of sp³-hybridized carbons (Fsp3) is 0.538. The van der Waals surface area contributed by atoms with Gasteiger partial charge in [-0.05, 0) is 31.0 Å².